The van der Waals surface area contributed by atoms with E-state index in [0.29, 0.717) is 37.9 Å². The molecule has 0 bridgehead atoms. The number of carbonyl (C=O) groups excluding carboxylic acids is 1. The lowest BCUT2D eigenvalue weighted by Gasteiger charge is -2.29. The molecule has 1 saturated carbocycles. The maximum Gasteiger partial charge on any atom is 0.279 e. The minimum atomic E-state index is -3.40. The molecule has 1 saturated heterocycles. The molecular formula is C15H29N3O3S. The summed E-state index contributed by atoms with van der Waals surface area (Å²) in [7, 11) is -3.40. The van der Waals surface area contributed by atoms with E-state index >= 15 is 0 Å². The van der Waals surface area contributed by atoms with Gasteiger partial charge in [-0.25, -0.2) is 4.72 Å². The lowest BCUT2D eigenvalue weighted by atomic mass is 10.0. The molecule has 1 aliphatic heterocycles. The van der Waals surface area contributed by atoms with Crippen molar-refractivity contribution in [2.24, 2.45) is 11.8 Å². The van der Waals surface area contributed by atoms with Crippen LogP contribution >= 0.6 is 0 Å². The fourth-order valence-electron chi connectivity index (χ4n) is 3.39. The second-order valence-electron chi connectivity index (χ2n) is 6.71. The van der Waals surface area contributed by atoms with Crippen LogP contribution in [0.4, 0.5) is 0 Å². The summed E-state index contributed by atoms with van der Waals surface area (Å²) in [6.07, 6.45) is 7.33. The van der Waals surface area contributed by atoms with Gasteiger partial charge in [-0.2, -0.15) is 12.7 Å². The van der Waals surface area contributed by atoms with Crippen LogP contribution in [0.5, 0.6) is 0 Å². The predicted octanol–water partition coefficient (Wildman–Crippen LogP) is 1.25. The summed E-state index contributed by atoms with van der Waals surface area (Å²) in [5.74, 6) is 0.973. The van der Waals surface area contributed by atoms with Crippen LogP contribution in [0.2, 0.25) is 0 Å². The van der Waals surface area contributed by atoms with Gasteiger partial charge in [0.1, 0.15) is 0 Å². The van der Waals surface area contributed by atoms with E-state index in [1.165, 1.54) is 17.1 Å². The molecule has 1 amide bonds. The van der Waals surface area contributed by atoms with Gasteiger partial charge in [0.05, 0.1) is 0 Å². The molecule has 0 aromatic heterocycles. The van der Waals surface area contributed by atoms with Crippen LogP contribution in [-0.2, 0) is 15.0 Å². The molecule has 0 unspecified atom stereocenters. The quantitative estimate of drug-likeness (QED) is 0.689. The largest absolute Gasteiger partial charge is 0.355 e. The highest BCUT2D eigenvalue weighted by atomic mass is 32.2. The van der Waals surface area contributed by atoms with E-state index in [9.17, 15) is 13.2 Å². The Morgan fingerprint density at radius 2 is 1.86 bits per heavy atom. The molecule has 128 valence electrons. The first kappa shape index (κ1) is 17.7. The Bertz CT molecular complexity index is 461. The molecular weight excluding hydrogens is 302 g/mol. The van der Waals surface area contributed by atoms with E-state index in [0.717, 1.165) is 25.7 Å². The molecule has 22 heavy (non-hydrogen) atoms. The van der Waals surface area contributed by atoms with Crippen molar-refractivity contribution in [3.8, 4) is 0 Å². The number of carbonyl (C=O) groups is 1. The SMILES string of the molecule is C[C@@H]1CCCN(S(=O)(=O)NCCNC(=O)CC2CCCC2)C1. The fraction of sp³-hybridized carbons (Fsp3) is 0.933. The van der Waals surface area contributed by atoms with Gasteiger partial charge in [0.2, 0.25) is 5.91 Å². The zero-order valence-corrected chi connectivity index (χ0v) is 14.3. The van der Waals surface area contributed by atoms with Gasteiger partial charge in [-0.3, -0.25) is 4.79 Å². The van der Waals surface area contributed by atoms with Crippen molar-refractivity contribution in [1.82, 2.24) is 14.3 Å². The predicted molar refractivity (Wildman–Crippen MR) is 86.5 cm³/mol. The average molecular weight is 331 g/mol. The van der Waals surface area contributed by atoms with Crippen molar-refractivity contribution in [3.63, 3.8) is 0 Å². The number of hydrogen-bond donors (Lipinski definition) is 2. The highest BCUT2D eigenvalue weighted by Crippen LogP contribution is 2.27. The van der Waals surface area contributed by atoms with Gasteiger partial charge in [-0.1, -0.05) is 19.8 Å². The Balaban J connectivity index is 1.63. The summed E-state index contributed by atoms with van der Waals surface area (Å²) in [6, 6.07) is 0. The van der Waals surface area contributed by atoms with Gasteiger partial charge in [0, 0.05) is 32.6 Å². The topological polar surface area (TPSA) is 78.5 Å². The number of hydrogen-bond acceptors (Lipinski definition) is 3. The minimum absolute atomic E-state index is 0.0395. The van der Waals surface area contributed by atoms with Crippen LogP contribution < -0.4 is 10.0 Å². The smallest absolute Gasteiger partial charge is 0.279 e. The first-order valence-electron chi connectivity index (χ1n) is 8.49. The van der Waals surface area contributed by atoms with Crippen LogP contribution in [0.3, 0.4) is 0 Å². The van der Waals surface area contributed by atoms with Gasteiger partial charge in [0.15, 0.2) is 0 Å². The van der Waals surface area contributed by atoms with Crippen molar-refractivity contribution < 1.29 is 13.2 Å². The molecule has 2 N–H and O–H groups in total. The molecule has 2 aliphatic rings. The van der Waals surface area contributed by atoms with Gasteiger partial charge >= 0.3 is 0 Å². The van der Waals surface area contributed by atoms with Gasteiger partial charge < -0.3 is 5.32 Å². The van der Waals surface area contributed by atoms with E-state index in [2.05, 4.69) is 17.0 Å². The Morgan fingerprint density at radius 1 is 1.14 bits per heavy atom. The molecule has 0 spiro atoms. The van der Waals surface area contributed by atoms with Crippen LogP contribution in [0, 0.1) is 11.8 Å². The molecule has 7 heteroatoms. The third-order valence-corrected chi connectivity index (χ3v) is 6.22. The summed E-state index contributed by atoms with van der Waals surface area (Å²) >= 11 is 0. The maximum atomic E-state index is 12.2. The standard InChI is InChI=1S/C15H29N3O3S/c1-13-5-4-10-18(12-13)22(20,21)17-9-8-16-15(19)11-14-6-2-3-7-14/h13-14,17H,2-12H2,1H3,(H,16,19)/t13-/m1/s1. The summed E-state index contributed by atoms with van der Waals surface area (Å²) in [4.78, 5) is 11.8. The van der Waals surface area contributed by atoms with Gasteiger partial charge in [0.25, 0.3) is 10.2 Å². The first-order chi connectivity index (χ1) is 10.5. The molecule has 2 fully saturated rings. The third-order valence-electron chi connectivity index (χ3n) is 4.64. The highest BCUT2D eigenvalue weighted by molar-refractivity contribution is 7.87. The zero-order chi connectivity index (χ0) is 16.0. The van der Waals surface area contributed by atoms with Gasteiger partial charge in [-0.05, 0) is 37.5 Å². The van der Waals surface area contributed by atoms with Crippen molar-refractivity contribution in [2.45, 2.75) is 51.9 Å². The second kappa shape index (κ2) is 8.26. The molecule has 6 nitrogen and oxygen atoms in total. The van der Waals surface area contributed by atoms with E-state index in [1.54, 1.807) is 0 Å². The number of amides is 1. The Hall–Kier alpha value is -0.660. The fourth-order valence-corrected chi connectivity index (χ4v) is 4.75. The van der Waals surface area contributed by atoms with Crippen molar-refractivity contribution >= 4 is 16.1 Å². The third kappa shape index (κ3) is 5.52. The molecule has 0 radical (unpaired) electrons. The number of rotatable bonds is 7. The van der Waals surface area contributed by atoms with E-state index < -0.39 is 10.2 Å². The van der Waals surface area contributed by atoms with E-state index in [4.69, 9.17) is 0 Å². The molecule has 1 heterocycles. The molecule has 1 aliphatic carbocycles. The summed E-state index contributed by atoms with van der Waals surface area (Å²) in [6.45, 7) is 3.86. The zero-order valence-electron chi connectivity index (χ0n) is 13.5. The molecule has 1 atom stereocenters. The van der Waals surface area contributed by atoms with E-state index in [1.807, 2.05) is 0 Å². The summed E-state index contributed by atoms with van der Waals surface area (Å²) in [5.41, 5.74) is 0. The second-order valence-corrected chi connectivity index (χ2v) is 8.46. The Kier molecular flexibility index (Phi) is 6.65. The lowest BCUT2D eigenvalue weighted by Crippen LogP contribution is -2.47. The van der Waals surface area contributed by atoms with Crippen molar-refractivity contribution in [1.29, 1.82) is 0 Å². The molecule has 0 aromatic carbocycles. The minimum Gasteiger partial charge on any atom is -0.355 e. The lowest BCUT2D eigenvalue weighted by molar-refractivity contribution is -0.121. The summed E-state index contributed by atoms with van der Waals surface area (Å²) < 4.78 is 28.4. The van der Waals surface area contributed by atoms with Crippen LogP contribution in [0.1, 0.15) is 51.9 Å². The van der Waals surface area contributed by atoms with Crippen LogP contribution in [0.25, 0.3) is 0 Å². The Morgan fingerprint density at radius 3 is 2.55 bits per heavy atom. The monoisotopic (exact) mass is 331 g/mol. The van der Waals surface area contributed by atoms with Crippen LogP contribution in [-0.4, -0.2) is 44.8 Å². The normalized spacial score (nSPS) is 24.5. The number of nitrogens with one attached hydrogen (secondary N) is 2. The van der Waals surface area contributed by atoms with Crippen LogP contribution in [0.15, 0.2) is 0 Å². The van der Waals surface area contributed by atoms with E-state index in [-0.39, 0.29) is 12.5 Å². The highest BCUT2D eigenvalue weighted by Gasteiger charge is 2.26. The van der Waals surface area contributed by atoms with Crippen molar-refractivity contribution in [3.05, 3.63) is 0 Å². The number of nitrogens with zero attached hydrogens (tertiary/aromatic N) is 1. The molecule has 2 rings (SSSR count). The van der Waals surface area contributed by atoms with Crippen molar-refractivity contribution in [2.75, 3.05) is 26.2 Å². The first-order valence-corrected chi connectivity index (χ1v) is 9.93. The number of piperidine rings is 1. The Labute approximate surface area is 134 Å². The average Bonchev–Trinajstić information content (AvgIpc) is 2.96. The molecule has 0 aromatic rings. The van der Waals surface area contributed by atoms with Gasteiger partial charge in [-0.15, -0.1) is 0 Å². The summed E-state index contributed by atoms with van der Waals surface area (Å²) in [5, 5.41) is 2.81. The maximum absolute atomic E-state index is 12.2.